The van der Waals surface area contributed by atoms with Crippen LogP contribution in [0.1, 0.15) is 62.3 Å². The zero-order valence-corrected chi connectivity index (χ0v) is 19.9. The summed E-state index contributed by atoms with van der Waals surface area (Å²) < 4.78 is 20.7. The molecule has 3 N–H and O–H groups in total. The zero-order valence-electron chi connectivity index (χ0n) is 19.9. The molecule has 0 aliphatic heterocycles. The van der Waals surface area contributed by atoms with Gasteiger partial charge in [-0.3, -0.25) is 9.59 Å². The van der Waals surface area contributed by atoms with E-state index in [1.54, 1.807) is 41.5 Å². The lowest BCUT2D eigenvalue weighted by Crippen LogP contribution is -2.26. The number of carbonyl (C=O) groups excluding carboxylic acids is 4. The molecule has 0 atom stereocenters. The van der Waals surface area contributed by atoms with Crippen LogP contribution in [0.3, 0.4) is 0 Å². The molecule has 10 heteroatoms. The summed E-state index contributed by atoms with van der Waals surface area (Å²) in [5.74, 6) is -1.29. The predicted octanol–water partition coefficient (Wildman–Crippen LogP) is 4.67. The molecule has 182 valence electrons. The van der Waals surface area contributed by atoms with Crippen molar-refractivity contribution in [2.24, 2.45) is 5.73 Å². The molecule has 0 fully saturated rings. The Bertz CT molecular complexity index is 1080. The maximum Gasteiger partial charge on any atom is 0.514 e. The Kier molecular flexibility index (Phi) is 7.88. The average Bonchev–Trinajstić information content (AvgIpc) is 2.67. The van der Waals surface area contributed by atoms with Crippen LogP contribution in [0.4, 0.5) is 15.3 Å². The summed E-state index contributed by atoms with van der Waals surface area (Å²) in [6, 6.07) is 9.67. The summed E-state index contributed by atoms with van der Waals surface area (Å²) in [6.45, 7) is 10.0. The van der Waals surface area contributed by atoms with E-state index in [4.69, 9.17) is 24.7 Å². The fraction of sp³-hybridized carbons (Fsp3) is 0.333. The van der Waals surface area contributed by atoms with Crippen LogP contribution in [0.15, 0.2) is 42.5 Å². The summed E-state index contributed by atoms with van der Waals surface area (Å²) in [5.41, 5.74) is 4.18. The van der Waals surface area contributed by atoms with E-state index in [-0.39, 0.29) is 28.3 Å². The second-order valence-corrected chi connectivity index (χ2v) is 9.19. The number of anilines is 1. The summed E-state index contributed by atoms with van der Waals surface area (Å²) in [4.78, 5) is 48.1. The molecule has 0 aliphatic carbocycles. The number of hydrogen-bond acceptors (Lipinski definition) is 8. The van der Waals surface area contributed by atoms with Gasteiger partial charge in [0.1, 0.15) is 17.0 Å². The Hall–Kier alpha value is -4.08. The van der Waals surface area contributed by atoms with Crippen LogP contribution in [0.5, 0.6) is 11.5 Å². The van der Waals surface area contributed by atoms with Crippen LogP contribution < -0.4 is 20.5 Å². The van der Waals surface area contributed by atoms with Gasteiger partial charge in [-0.25, -0.2) is 9.59 Å². The Morgan fingerprint density at radius 3 is 1.74 bits per heavy atom. The molecule has 10 nitrogen and oxygen atoms in total. The topological polar surface area (TPSA) is 143 Å². The fourth-order valence-corrected chi connectivity index (χ4v) is 2.46. The number of hydrogen-bond donors (Lipinski definition) is 2. The van der Waals surface area contributed by atoms with Crippen molar-refractivity contribution in [3.05, 3.63) is 53.6 Å². The van der Waals surface area contributed by atoms with E-state index in [0.717, 1.165) is 0 Å². The third-order valence-corrected chi connectivity index (χ3v) is 3.81. The van der Waals surface area contributed by atoms with Crippen molar-refractivity contribution in [2.45, 2.75) is 52.7 Å². The van der Waals surface area contributed by atoms with Crippen LogP contribution in [-0.4, -0.2) is 35.3 Å². The molecule has 0 saturated carbocycles. The van der Waals surface area contributed by atoms with E-state index in [0.29, 0.717) is 0 Å². The van der Waals surface area contributed by atoms with E-state index < -0.39 is 35.3 Å². The molecule has 0 aromatic heterocycles. The first-order valence-electron chi connectivity index (χ1n) is 10.3. The van der Waals surface area contributed by atoms with Gasteiger partial charge in [-0.1, -0.05) is 0 Å². The van der Waals surface area contributed by atoms with E-state index in [2.05, 4.69) is 5.32 Å². The highest BCUT2D eigenvalue weighted by Crippen LogP contribution is 2.31. The average molecular weight is 472 g/mol. The SMILES string of the molecule is CC(C)(C)OC(=O)Oc1ccc(NC(=O)c2ccc(C(N)=O)cc2)c(OC(=O)OC(C)(C)C)c1. The van der Waals surface area contributed by atoms with Crippen molar-refractivity contribution >= 4 is 29.8 Å². The summed E-state index contributed by atoms with van der Waals surface area (Å²) in [7, 11) is 0. The van der Waals surface area contributed by atoms with Gasteiger partial charge in [0.05, 0.1) is 5.69 Å². The van der Waals surface area contributed by atoms with E-state index in [1.807, 2.05) is 0 Å². The van der Waals surface area contributed by atoms with Gasteiger partial charge < -0.3 is 30.0 Å². The number of nitrogens with one attached hydrogen (secondary N) is 1. The highest BCUT2D eigenvalue weighted by Gasteiger charge is 2.22. The van der Waals surface area contributed by atoms with Crippen LogP contribution in [0.25, 0.3) is 0 Å². The molecule has 0 heterocycles. The normalized spacial score (nSPS) is 11.2. The van der Waals surface area contributed by atoms with Gasteiger partial charge in [0.25, 0.3) is 5.91 Å². The molecule has 34 heavy (non-hydrogen) atoms. The predicted molar refractivity (Wildman–Crippen MR) is 123 cm³/mol. The monoisotopic (exact) mass is 472 g/mol. The Morgan fingerprint density at radius 1 is 0.735 bits per heavy atom. The van der Waals surface area contributed by atoms with Crippen LogP contribution in [0.2, 0.25) is 0 Å². The first-order chi connectivity index (χ1) is 15.6. The molecule has 0 saturated heterocycles. The summed E-state index contributed by atoms with van der Waals surface area (Å²) >= 11 is 0. The Morgan fingerprint density at radius 2 is 1.24 bits per heavy atom. The largest absolute Gasteiger partial charge is 0.514 e. The van der Waals surface area contributed by atoms with Gasteiger partial charge in [-0.15, -0.1) is 0 Å². The second kappa shape index (κ2) is 10.2. The quantitative estimate of drug-likeness (QED) is 0.472. The van der Waals surface area contributed by atoms with Crippen molar-refractivity contribution < 1.29 is 38.1 Å². The number of ether oxygens (including phenoxy) is 4. The molecule has 0 radical (unpaired) electrons. The molecule has 2 amide bonds. The number of primary amides is 1. The smallest absolute Gasteiger partial charge is 0.428 e. The first kappa shape index (κ1) is 26.2. The van der Waals surface area contributed by atoms with Crippen LogP contribution in [0, 0.1) is 0 Å². The Labute approximate surface area is 197 Å². The van der Waals surface area contributed by atoms with E-state index in [1.165, 1.54) is 42.5 Å². The van der Waals surface area contributed by atoms with Crippen LogP contribution >= 0.6 is 0 Å². The number of benzene rings is 2. The van der Waals surface area contributed by atoms with E-state index in [9.17, 15) is 19.2 Å². The number of rotatable bonds is 5. The third kappa shape index (κ3) is 8.45. The molecular formula is C24H28N2O8. The number of nitrogens with two attached hydrogens (primary N) is 1. The lowest BCUT2D eigenvalue weighted by molar-refractivity contribution is 0.0204. The van der Waals surface area contributed by atoms with Gasteiger partial charge in [-0.2, -0.15) is 0 Å². The lowest BCUT2D eigenvalue weighted by Gasteiger charge is -2.20. The Balaban J connectivity index is 2.29. The molecule has 0 bridgehead atoms. The third-order valence-electron chi connectivity index (χ3n) is 3.81. The van der Waals surface area contributed by atoms with Gasteiger partial charge in [0.15, 0.2) is 5.75 Å². The zero-order chi connectivity index (χ0) is 25.7. The minimum absolute atomic E-state index is 0.0108. The van der Waals surface area contributed by atoms with Gasteiger partial charge in [-0.05, 0) is 77.9 Å². The molecule has 0 aliphatic rings. The molecule has 2 aromatic rings. The van der Waals surface area contributed by atoms with Crippen LogP contribution in [-0.2, 0) is 9.47 Å². The fourth-order valence-electron chi connectivity index (χ4n) is 2.46. The second-order valence-electron chi connectivity index (χ2n) is 9.19. The number of carbonyl (C=O) groups is 4. The summed E-state index contributed by atoms with van der Waals surface area (Å²) in [5, 5.41) is 2.60. The minimum Gasteiger partial charge on any atom is -0.428 e. The first-order valence-corrected chi connectivity index (χ1v) is 10.3. The lowest BCUT2D eigenvalue weighted by atomic mass is 10.1. The maximum atomic E-state index is 12.7. The maximum absolute atomic E-state index is 12.7. The molecule has 2 aromatic carbocycles. The van der Waals surface area contributed by atoms with Crippen molar-refractivity contribution in [3.8, 4) is 11.5 Å². The van der Waals surface area contributed by atoms with Crippen molar-refractivity contribution in [1.82, 2.24) is 0 Å². The van der Waals surface area contributed by atoms with Crippen molar-refractivity contribution in [1.29, 1.82) is 0 Å². The minimum atomic E-state index is -1.02. The number of amides is 2. The molecular weight excluding hydrogens is 444 g/mol. The summed E-state index contributed by atoms with van der Waals surface area (Å²) in [6.07, 6.45) is -1.98. The van der Waals surface area contributed by atoms with Gasteiger partial charge in [0.2, 0.25) is 5.91 Å². The van der Waals surface area contributed by atoms with Crippen molar-refractivity contribution in [2.75, 3.05) is 5.32 Å². The highest BCUT2D eigenvalue weighted by atomic mass is 16.7. The standard InChI is InChI=1S/C24H28N2O8/c1-23(2,3)33-21(29)31-16-11-12-17(18(13-16)32-22(30)34-24(4,5)6)26-20(28)15-9-7-14(8-10-15)19(25)27/h7-13H,1-6H3,(H2,25,27)(H,26,28). The molecule has 0 unspecified atom stereocenters. The molecule has 2 rings (SSSR count). The molecule has 0 spiro atoms. The van der Waals surface area contributed by atoms with E-state index >= 15 is 0 Å². The van der Waals surface area contributed by atoms with Gasteiger partial charge in [0, 0.05) is 17.2 Å². The van der Waals surface area contributed by atoms with Crippen molar-refractivity contribution in [3.63, 3.8) is 0 Å². The van der Waals surface area contributed by atoms with Gasteiger partial charge >= 0.3 is 12.3 Å². The highest BCUT2D eigenvalue weighted by molar-refractivity contribution is 6.06.